The molecule has 0 saturated heterocycles. The third-order valence-electron chi connectivity index (χ3n) is 5.43. The first-order valence-corrected chi connectivity index (χ1v) is 9.43. The Morgan fingerprint density at radius 1 is 0.714 bits per heavy atom. The number of benzene rings is 3. The minimum absolute atomic E-state index is 0.389. The Morgan fingerprint density at radius 3 is 1.54 bits per heavy atom. The smallest absolute Gasteiger partial charge is 0.206 e. The Hall–Kier alpha value is -3.31. The lowest BCUT2D eigenvalue weighted by molar-refractivity contribution is 0.140. The summed E-state index contributed by atoms with van der Waals surface area (Å²) in [5.74, 6) is 0.389. The molecule has 0 radical (unpaired) electrons. The SMILES string of the molecule is OC1(c2nnn(C(c3ccccc3)(c3ccccc3)c3ccccc3)n2)CC1. The Bertz CT molecular complexity index is 977. The number of hydrogen-bond acceptors (Lipinski definition) is 4. The van der Waals surface area contributed by atoms with E-state index in [0.717, 1.165) is 16.7 Å². The van der Waals surface area contributed by atoms with Crippen molar-refractivity contribution in [3.8, 4) is 0 Å². The maximum atomic E-state index is 10.5. The Morgan fingerprint density at radius 2 is 1.14 bits per heavy atom. The molecule has 1 aliphatic carbocycles. The quantitative estimate of drug-likeness (QED) is 0.548. The molecule has 0 spiro atoms. The van der Waals surface area contributed by atoms with Crippen LogP contribution in [0.4, 0.5) is 0 Å². The summed E-state index contributed by atoms with van der Waals surface area (Å²) in [6.45, 7) is 0. The van der Waals surface area contributed by atoms with Crippen molar-refractivity contribution in [1.29, 1.82) is 0 Å². The van der Waals surface area contributed by atoms with Crippen molar-refractivity contribution in [2.45, 2.75) is 24.0 Å². The summed E-state index contributed by atoms with van der Waals surface area (Å²) in [4.78, 5) is 1.65. The van der Waals surface area contributed by atoms with E-state index in [1.165, 1.54) is 0 Å². The van der Waals surface area contributed by atoms with Crippen molar-refractivity contribution < 1.29 is 5.11 Å². The zero-order valence-corrected chi connectivity index (χ0v) is 15.3. The normalized spacial score (nSPS) is 15.3. The van der Waals surface area contributed by atoms with Gasteiger partial charge in [0, 0.05) is 0 Å². The predicted molar refractivity (Wildman–Crippen MR) is 106 cm³/mol. The number of aliphatic hydroxyl groups is 1. The molecule has 0 amide bonds. The van der Waals surface area contributed by atoms with Crippen LogP contribution >= 0.6 is 0 Å². The van der Waals surface area contributed by atoms with Crippen LogP contribution in [0.25, 0.3) is 0 Å². The zero-order chi connectivity index (χ0) is 19.0. The molecule has 3 aromatic carbocycles. The molecule has 1 fully saturated rings. The molecule has 1 aromatic heterocycles. The third-order valence-corrected chi connectivity index (χ3v) is 5.43. The summed E-state index contributed by atoms with van der Waals surface area (Å²) >= 11 is 0. The predicted octanol–water partition coefficient (Wildman–Crippen LogP) is 3.49. The van der Waals surface area contributed by atoms with Crippen molar-refractivity contribution in [1.82, 2.24) is 20.2 Å². The van der Waals surface area contributed by atoms with E-state index in [2.05, 4.69) is 46.7 Å². The van der Waals surface area contributed by atoms with E-state index in [4.69, 9.17) is 5.10 Å². The number of aromatic nitrogens is 4. The highest BCUT2D eigenvalue weighted by Crippen LogP contribution is 2.44. The van der Waals surface area contributed by atoms with E-state index in [1.54, 1.807) is 4.80 Å². The lowest BCUT2D eigenvalue weighted by Crippen LogP contribution is -2.39. The summed E-state index contributed by atoms with van der Waals surface area (Å²) < 4.78 is 0. The highest BCUT2D eigenvalue weighted by atomic mass is 16.3. The number of tetrazole rings is 1. The molecule has 4 aromatic rings. The van der Waals surface area contributed by atoms with Gasteiger partial charge in [0.05, 0.1) is 0 Å². The summed E-state index contributed by atoms with van der Waals surface area (Å²) in [6, 6.07) is 30.6. The van der Waals surface area contributed by atoms with Gasteiger partial charge < -0.3 is 5.11 Å². The second-order valence-electron chi connectivity index (χ2n) is 7.24. The van der Waals surface area contributed by atoms with Crippen LogP contribution in [0.3, 0.4) is 0 Å². The van der Waals surface area contributed by atoms with Gasteiger partial charge in [-0.2, -0.15) is 0 Å². The monoisotopic (exact) mass is 368 g/mol. The first-order chi connectivity index (χ1) is 13.7. The van der Waals surface area contributed by atoms with E-state index in [-0.39, 0.29) is 0 Å². The van der Waals surface area contributed by atoms with Gasteiger partial charge in [0.15, 0.2) is 5.54 Å². The molecule has 28 heavy (non-hydrogen) atoms. The van der Waals surface area contributed by atoms with E-state index in [1.807, 2.05) is 54.6 Å². The van der Waals surface area contributed by atoms with Gasteiger partial charge in [-0.3, -0.25) is 0 Å². The summed E-state index contributed by atoms with van der Waals surface area (Å²) in [5.41, 5.74) is 1.35. The molecular formula is C23H20N4O. The Labute approximate surface area is 163 Å². The fraction of sp³-hybridized carbons (Fsp3) is 0.174. The van der Waals surface area contributed by atoms with Gasteiger partial charge in [0.25, 0.3) is 0 Å². The van der Waals surface area contributed by atoms with Crippen LogP contribution in [0, 0.1) is 0 Å². The highest BCUT2D eigenvalue weighted by molar-refractivity contribution is 5.49. The maximum absolute atomic E-state index is 10.5. The largest absolute Gasteiger partial charge is 0.382 e. The van der Waals surface area contributed by atoms with Crippen molar-refractivity contribution in [3.05, 3.63) is 114 Å². The molecule has 5 heteroatoms. The first-order valence-electron chi connectivity index (χ1n) is 9.43. The molecule has 0 bridgehead atoms. The Kier molecular flexibility index (Phi) is 3.84. The van der Waals surface area contributed by atoms with Crippen LogP contribution in [0.2, 0.25) is 0 Å². The van der Waals surface area contributed by atoms with Gasteiger partial charge in [-0.15, -0.1) is 15.0 Å². The molecule has 0 unspecified atom stereocenters. The van der Waals surface area contributed by atoms with E-state index >= 15 is 0 Å². The minimum atomic E-state index is -0.936. The molecule has 5 rings (SSSR count). The Balaban J connectivity index is 1.84. The standard InChI is InChI=1S/C23H20N4O/c28-22(16-17-22)21-24-26-27(25-21)23(18-10-4-1-5-11-18,19-12-6-2-7-13-19)20-14-8-3-9-15-20/h1-15,28H,16-17H2. The second-order valence-corrected chi connectivity index (χ2v) is 7.24. The van der Waals surface area contributed by atoms with Crippen molar-refractivity contribution in [3.63, 3.8) is 0 Å². The maximum Gasteiger partial charge on any atom is 0.206 e. The number of rotatable bonds is 5. The number of hydrogen-bond donors (Lipinski definition) is 1. The fourth-order valence-corrected chi connectivity index (χ4v) is 3.77. The van der Waals surface area contributed by atoms with Gasteiger partial charge in [0.2, 0.25) is 5.82 Å². The van der Waals surface area contributed by atoms with E-state index < -0.39 is 11.1 Å². The summed E-state index contributed by atoms with van der Waals surface area (Å²) in [5, 5.41) is 23.9. The zero-order valence-electron chi connectivity index (χ0n) is 15.3. The lowest BCUT2D eigenvalue weighted by atomic mass is 9.77. The van der Waals surface area contributed by atoms with Crippen LogP contribution in [-0.2, 0) is 11.1 Å². The third kappa shape index (κ3) is 2.55. The number of nitrogens with zero attached hydrogens (tertiary/aromatic N) is 4. The summed E-state index contributed by atoms with van der Waals surface area (Å²) in [6.07, 6.45) is 1.35. The van der Waals surface area contributed by atoms with Crippen LogP contribution in [0.1, 0.15) is 35.4 Å². The molecule has 1 N–H and O–H groups in total. The molecule has 1 aliphatic rings. The minimum Gasteiger partial charge on any atom is -0.382 e. The molecule has 1 saturated carbocycles. The van der Waals surface area contributed by atoms with Gasteiger partial charge in [-0.05, 0) is 34.7 Å². The summed E-state index contributed by atoms with van der Waals surface area (Å²) in [7, 11) is 0. The average molecular weight is 368 g/mol. The van der Waals surface area contributed by atoms with Crippen molar-refractivity contribution in [2.24, 2.45) is 0 Å². The molecular weight excluding hydrogens is 348 g/mol. The van der Waals surface area contributed by atoms with Gasteiger partial charge in [-0.1, -0.05) is 91.0 Å². The van der Waals surface area contributed by atoms with E-state index in [0.29, 0.717) is 18.7 Å². The van der Waals surface area contributed by atoms with Gasteiger partial charge in [-0.25, -0.2) is 0 Å². The van der Waals surface area contributed by atoms with Crippen LogP contribution in [0.15, 0.2) is 91.0 Å². The van der Waals surface area contributed by atoms with Crippen LogP contribution in [-0.4, -0.2) is 25.3 Å². The molecule has 0 aliphatic heterocycles. The van der Waals surface area contributed by atoms with Crippen molar-refractivity contribution >= 4 is 0 Å². The van der Waals surface area contributed by atoms with Crippen LogP contribution in [0.5, 0.6) is 0 Å². The molecule has 5 nitrogen and oxygen atoms in total. The van der Waals surface area contributed by atoms with Crippen LogP contribution < -0.4 is 0 Å². The molecule has 1 heterocycles. The van der Waals surface area contributed by atoms with Gasteiger partial charge >= 0.3 is 0 Å². The topological polar surface area (TPSA) is 63.8 Å². The molecule has 0 atom stereocenters. The average Bonchev–Trinajstić information content (AvgIpc) is 3.31. The lowest BCUT2D eigenvalue weighted by Gasteiger charge is -2.34. The fourth-order valence-electron chi connectivity index (χ4n) is 3.77. The van der Waals surface area contributed by atoms with E-state index in [9.17, 15) is 5.11 Å². The second kappa shape index (κ2) is 6.39. The van der Waals surface area contributed by atoms with Crippen molar-refractivity contribution in [2.75, 3.05) is 0 Å². The first kappa shape index (κ1) is 16.8. The van der Waals surface area contributed by atoms with Gasteiger partial charge in [0.1, 0.15) is 5.60 Å². The highest BCUT2D eigenvalue weighted by Gasteiger charge is 2.48. The molecule has 138 valence electrons.